The van der Waals surface area contributed by atoms with E-state index in [1.807, 2.05) is 6.92 Å². The van der Waals surface area contributed by atoms with Crippen LogP contribution in [-0.2, 0) is 5.54 Å². The van der Waals surface area contributed by atoms with Crippen LogP contribution in [0, 0.1) is 6.92 Å². The van der Waals surface area contributed by atoms with E-state index in [9.17, 15) is 0 Å². The van der Waals surface area contributed by atoms with Gasteiger partial charge in [0.2, 0.25) is 0 Å². The van der Waals surface area contributed by atoms with Gasteiger partial charge in [-0.05, 0) is 49.8 Å². The summed E-state index contributed by atoms with van der Waals surface area (Å²) in [5.74, 6) is 2.36. The molecule has 1 aromatic carbocycles. The normalized spacial score (nSPS) is 17.4. The van der Waals surface area contributed by atoms with Crippen molar-refractivity contribution >= 4 is 12.4 Å². The molecule has 1 unspecified atom stereocenters. The van der Waals surface area contributed by atoms with E-state index in [0.29, 0.717) is 17.6 Å². The number of aromatic nitrogens is 2. The highest BCUT2D eigenvalue weighted by molar-refractivity contribution is 5.85. The third-order valence-electron chi connectivity index (χ3n) is 4.83. The lowest BCUT2D eigenvalue weighted by atomic mass is 9.99. The summed E-state index contributed by atoms with van der Waals surface area (Å²) in [6, 6.07) is 6.29. The summed E-state index contributed by atoms with van der Waals surface area (Å²) < 4.78 is 11.6. The van der Waals surface area contributed by atoms with Crippen LogP contribution in [0.1, 0.15) is 81.3 Å². The molecule has 138 valence electrons. The van der Waals surface area contributed by atoms with Crippen LogP contribution in [0.3, 0.4) is 0 Å². The molecule has 1 aliphatic rings. The zero-order valence-electron chi connectivity index (χ0n) is 15.4. The molecule has 0 aliphatic heterocycles. The second-order valence-electron chi connectivity index (χ2n) is 7.28. The Morgan fingerprint density at radius 2 is 1.88 bits per heavy atom. The van der Waals surface area contributed by atoms with Crippen molar-refractivity contribution in [2.45, 2.75) is 70.9 Å². The molecule has 1 fully saturated rings. The fourth-order valence-corrected chi connectivity index (χ4v) is 3.29. The van der Waals surface area contributed by atoms with Gasteiger partial charge in [0.05, 0.1) is 5.54 Å². The highest BCUT2D eigenvalue weighted by Gasteiger charge is 2.36. The third-order valence-corrected chi connectivity index (χ3v) is 4.83. The molecule has 2 aromatic rings. The van der Waals surface area contributed by atoms with E-state index < -0.39 is 5.54 Å². The molecule has 0 saturated heterocycles. The molecule has 0 amide bonds. The molecular weight excluding hydrogens is 338 g/mol. The quantitative estimate of drug-likeness (QED) is 0.824. The van der Waals surface area contributed by atoms with Crippen LogP contribution in [0.2, 0.25) is 0 Å². The van der Waals surface area contributed by atoms with Gasteiger partial charge in [-0.25, -0.2) is 0 Å². The first-order chi connectivity index (χ1) is 11.4. The number of hydrogen-bond acceptors (Lipinski definition) is 5. The third kappa shape index (κ3) is 4.15. The average molecular weight is 366 g/mol. The second-order valence-corrected chi connectivity index (χ2v) is 7.28. The topological polar surface area (TPSA) is 74.2 Å². The van der Waals surface area contributed by atoms with E-state index >= 15 is 0 Å². The van der Waals surface area contributed by atoms with Crippen molar-refractivity contribution in [3.8, 4) is 5.75 Å². The molecule has 1 aliphatic carbocycles. The molecule has 1 aromatic heterocycles. The van der Waals surface area contributed by atoms with E-state index in [4.69, 9.17) is 15.0 Å². The number of halogens is 1. The van der Waals surface area contributed by atoms with Crippen molar-refractivity contribution in [2.24, 2.45) is 5.73 Å². The van der Waals surface area contributed by atoms with Crippen molar-refractivity contribution in [2.75, 3.05) is 0 Å². The molecule has 0 radical (unpaired) electrons. The molecule has 1 atom stereocenters. The van der Waals surface area contributed by atoms with Gasteiger partial charge in [0.25, 0.3) is 5.89 Å². The zero-order chi connectivity index (χ0) is 17.3. The van der Waals surface area contributed by atoms with Crippen molar-refractivity contribution < 1.29 is 9.26 Å². The van der Waals surface area contributed by atoms with Crippen molar-refractivity contribution in [1.82, 2.24) is 10.1 Å². The monoisotopic (exact) mass is 365 g/mol. The van der Waals surface area contributed by atoms with Crippen molar-refractivity contribution in [3.63, 3.8) is 0 Å². The van der Waals surface area contributed by atoms with Crippen LogP contribution in [0.15, 0.2) is 22.7 Å². The van der Waals surface area contributed by atoms with Gasteiger partial charge in [0.15, 0.2) is 11.9 Å². The number of ether oxygens (including phenoxy) is 1. The minimum Gasteiger partial charge on any atom is -0.481 e. The first-order valence-electron chi connectivity index (χ1n) is 8.79. The summed E-state index contributed by atoms with van der Waals surface area (Å²) in [5.41, 5.74) is 8.31. The van der Waals surface area contributed by atoms with Crippen LogP contribution in [-0.4, -0.2) is 10.1 Å². The minimum atomic E-state index is -0.437. The summed E-state index contributed by atoms with van der Waals surface area (Å²) in [7, 11) is 0. The van der Waals surface area contributed by atoms with Crippen molar-refractivity contribution in [1.29, 1.82) is 0 Å². The Morgan fingerprint density at radius 1 is 1.20 bits per heavy atom. The average Bonchev–Trinajstić information content (AvgIpc) is 3.16. The van der Waals surface area contributed by atoms with Gasteiger partial charge in [0.1, 0.15) is 5.75 Å². The van der Waals surface area contributed by atoms with Crippen LogP contribution >= 0.6 is 12.4 Å². The first-order valence-corrected chi connectivity index (χ1v) is 8.79. The SMILES string of the molecule is Cc1ccc(C(C)C)c(OC(C)c2nc(C3(N)CCCC3)no2)c1.Cl. The molecule has 2 N–H and O–H groups in total. The van der Waals surface area contributed by atoms with E-state index in [1.54, 1.807) is 0 Å². The summed E-state index contributed by atoms with van der Waals surface area (Å²) in [4.78, 5) is 4.53. The van der Waals surface area contributed by atoms with Gasteiger partial charge in [-0.15, -0.1) is 12.4 Å². The Morgan fingerprint density at radius 3 is 2.52 bits per heavy atom. The van der Waals surface area contributed by atoms with E-state index in [2.05, 4.69) is 49.1 Å². The number of nitrogens with two attached hydrogens (primary N) is 1. The molecule has 1 saturated carbocycles. The summed E-state index contributed by atoms with van der Waals surface area (Å²) in [6.07, 6.45) is 3.75. The summed E-state index contributed by atoms with van der Waals surface area (Å²) in [5, 5.41) is 4.12. The van der Waals surface area contributed by atoms with Gasteiger partial charge >= 0.3 is 0 Å². The number of aryl methyl sites for hydroxylation is 1. The second kappa shape index (κ2) is 7.75. The Labute approximate surface area is 155 Å². The van der Waals surface area contributed by atoms with Crippen LogP contribution in [0.25, 0.3) is 0 Å². The van der Waals surface area contributed by atoms with Gasteiger partial charge in [-0.2, -0.15) is 4.98 Å². The van der Waals surface area contributed by atoms with Crippen molar-refractivity contribution in [3.05, 3.63) is 41.0 Å². The minimum absolute atomic E-state index is 0. The molecule has 0 spiro atoms. The molecule has 0 bridgehead atoms. The molecular formula is C19H28ClN3O2. The van der Waals surface area contributed by atoms with Crippen LogP contribution in [0.5, 0.6) is 5.75 Å². The molecule has 1 heterocycles. The largest absolute Gasteiger partial charge is 0.481 e. The van der Waals surface area contributed by atoms with Crippen LogP contribution in [0.4, 0.5) is 0 Å². The molecule has 25 heavy (non-hydrogen) atoms. The number of nitrogens with zero attached hydrogens (tertiary/aromatic N) is 2. The Kier molecular flexibility index (Phi) is 6.12. The van der Waals surface area contributed by atoms with Crippen LogP contribution < -0.4 is 10.5 Å². The highest BCUT2D eigenvalue weighted by Crippen LogP contribution is 2.36. The van der Waals surface area contributed by atoms with Gasteiger partial charge in [-0.3, -0.25) is 0 Å². The fourth-order valence-electron chi connectivity index (χ4n) is 3.29. The molecule has 3 rings (SSSR count). The lowest BCUT2D eigenvalue weighted by Crippen LogP contribution is -2.34. The van der Waals surface area contributed by atoms with Gasteiger partial charge < -0.3 is 15.0 Å². The van der Waals surface area contributed by atoms with E-state index in [-0.39, 0.29) is 18.5 Å². The lowest BCUT2D eigenvalue weighted by Gasteiger charge is -2.18. The fraction of sp³-hybridized carbons (Fsp3) is 0.579. The Hall–Kier alpha value is -1.59. The Balaban J connectivity index is 0.00000225. The standard InChI is InChI=1S/C19H27N3O2.ClH/c1-12(2)15-8-7-13(3)11-16(15)23-14(4)17-21-18(22-24-17)19(20)9-5-6-10-19;/h7-8,11-12,14H,5-6,9-10,20H2,1-4H3;1H. The summed E-state index contributed by atoms with van der Waals surface area (Å²) >= 11 is 0. The predicted molar refractivity (Wildman–Crippen MR) is 100 cm³/mol. The zero-order valence-corrected chi connectivity index (χ0v) is 16.2. The Bertz CT molecular complexity index is 708. The first kappa shape index (κ1) is 19.7. The van der Waals surface area contributed by atoms with Gasteiger partial charge in [-0.1, -0.05) is 44.0 Å². The molecule has 6 heteroatoms. The maximum absolute atomic E-state index is 6.40. The summed E-state index contributed by atoms with van der Waals surface area (Å²) in [6.45, 7) is 8.31. The number of benzene rings is 1. The number of rotatable bonds is 5. The van der Waals surface area contributed by atoms with Gasteiger partial charge in [0, 0.05) is 0 Å². The maximum atomic E-state index is 6.40. The highest BCUT2D eigenvalue weighted by atomic mass is 35.5. The predicted octanol–water partition coefficient (Wildman–Crippen LogP) is 4.79. The van der Waals surface area contributed by atoms with E-state index in [0.717, 1.165) is 31.4 Å². The lowest BCUT2D eigenvalue weighted by molar-refractivity contribution is 0.173. The smallest absolute Gasteiger partial charge is 0.267 e. The molecule has 5 nitrogen and oxygen atoms in total. The maximum Gasteiger partial charge on any atom is 0.267 e. The number of hydrogen-bond donors (Lipinski definition) is 1. The van der Waals surface area contributed by atoms with E-state index in [1.165, 1.54) is 11.1 Å².